The van der Waals surface area contributed by atoms with E-state index in [0.717, 1.165) is 0 Å². The predicted octanol–water partition coefficient (Wildman–Crippen LogP) is 3.60. The van der Waals surface area contributed by atoms with Gasteiger partial charge in [0.2, 0.25) is 0 Å². The Kier molecular flexibility index (Phi) is 4.40. The molecule has 1 aliphatic rings. The minimum absolute atomic E-state index is 0.158. The largest absolute Gasteiger partial charge is 0.486 e. The van der Waals surface area contributed by atoms with Crippen LogP contribution in [-0.4, -0.2) is 34.1 Å². The van der Waals surface area contributed by atoms with Crippen molar-refractivity contribution in [2.24, 2.45) is 0 Å². The minimum atomic E-state index is -0.410. The van der Waals surface area contributed by atoms with Gasteiger partial charge in [-0.2, -0.15) is 0 Å². The van der Waals surface area contributed by atoms with Gasteiger partial charge in [-0.25, -0.2) is 4.68 Å². The highest BCUT2D eigenvalue weighted by atomic mass is 35.5. The van der Waals surface area contributed by atoms with Crippen LogP contribution in [0.4, 0.5) is 5.69 Å². The molecule has 0 spiro atoms. The summed E-state index contributed by atoms with van der Waals surface area (Å²) in [5.74, 6) is 0.899. The number of anilines is 1. The molecule has 1 amide bonds. The van der Waals surface area contributed by atoms with Crippen molar-refractivity contribution in [2.75, 3.05) is 18.5 Å². The molecule has 0 bridgehead atoms. The van der Waals surface area contributed by atoms with Gasteiger partial charge < -0.3 is 14.8 Å². The lowest BCUT2D eigenvalue weighted by atomic mass is 10.2. The lowest BCUT2D eigenvalue weighted by Crippen LogP contribution is -2.15. The van der Waals surface area contributed by atoms with Gasteiger partial charge in [-0.3, -0.25) is 4.79 Å². The molecule has 2 aromatic carbocycles. The van der Waals surface area contributed by atoms with Crippen LogP contribution in [0.5, 0.6) is 11.5 Å². The van der Waals surface area contributed by atoms with E-state index in [9.17, 15) is 4.79 Å². The second-order valence-corrected chi connectivity index (χ2v) is 6.27. The number of benzene rings is 2. The van der Waals surface area contributed by atoms with E-state index in [1.54, 1.807) is 30.3 Å². The molecule has 7 nitrogen and oxygen atoms in total. The first-order chi connectivity index (χ1) is 12.6. The summed E-state index contributed by atoms with van der Waals surface area (Å²) in [4.78, 5) is 12.3. The second-order valence-electron chi connectivity index (χ2n) is 5.46. The van der Waals surface area contributed by atoms with E-state index in [1.165, 1.54) is 10.9 Å². The first kappa shape index (κ1) is 16.7. The van der Waals surface area contributed by atoms with E-state index in [-0.39, 0.29) is 5.69 Å². The lowest BCUT2D eigenvalue weighted by molar-refractivity contribution is 0.102. The van der Waals surface area contributed by atoms with Crippen LogP contribution in [-0.2, 0) is 0 Å². The Bertz CT molecular complexity index is 990. The van der Waals surface area contributed by atoms with Crippen LogP contribution in [0.3, 0.4) is 0 Å². The number of rotatable bonds is 3. The van der Waals surface area contributed by atoms with Gasteiger partial charge in [0.05, 0.1) is 21.9 Å². The molecule has 0 radical (unpaired) electrons. The summed E-state index contributed by atoms with van der Waals surface area (Å²) in [7, 11) is 0. The van der Waals surface area contributed by atoms with Gasteiger partial charge in [-0.15, -0.1) is 5.10 Å². The van der Waals surface area contributed by atoms with Gasteiger partial charge in [-0.1, -0.05) is 28.4 Å². The number of fused-ring (bicyclic) bond motifs is 1. The fraction of sp³-hybridized carbons (Fsp3) is 0.118. The van der Waals surface area contributed by atoms with Crippen molar-refractivity contribution in [3.63, 3.8) is 0 Å². The molecular weight excluding hydrogens is 379 g/mol. The number of hydrogen-bond donors (Lipinski definition) is 1. The van der Waals surface area contributed by atoms with E-state index < -0.39 is 5.91 Å². The molecule has 0 fully saturated rings. The average Bonchev–Trinajstić information content (AvgIpc) is 3.15. The highest BCUT2D eigenvalue weighted by molar-refractivity contribution is 6.42. The Morgan fingerprint density at radius 1 is 1.04 bits per heavy atom. The molecule has 0 aliphatic carbocycles. The molecule has 0 saturated heterocycles. The molecule has 3 aromatic rings. The molecule has 1 aromatic heterocycles. The fourth-order valence-electron chi connectivity index (χ4n) is 2.44. The summed E-state index contributed by atoms with van der Waals surface area (Å²) >= 11 is 11.8. The summed E-state index contributed by atoms with van der Waals surface area (Å²) in [5.41, 5.74) is 1.37. The van der Waals surface area contributed by atoms with E-state index in [0.29, 0.717) is 46.1 Å². The number of nitrogens with one attached hydrogen (secondary N) is 1. The SMILES string of the molecule is O=C(Nc1ccc(Cl)c(Cl)c1)c1cn(-c2ccc3c(c2)OCCO3)nn1. The number of hydrogen-bond acceptors (Lipinski definition) is 5. The number of nitrogens with zero attached hydrogens (tertiary/aromatic N) is 3. The first-order valence-corrected chi connectivity index (χ1v) is 8.44. The Labute approximate surface area is 158 Å². The van der Waals surface area contributed by atoms with Gasteiger partial charge in [0.15, 0.2) is 17.2 Å². The van der Waals surface area contributed by atoms with Gasteiger partial charge in [0.1, 0.15) is 13.2 Å². The number of amides is 1. The summed E-state index contributed by atoms with van der Waals surface area (Å²) in [6, 6.07) is 10.2. The maximum Gasteiger partial charge on any atom is 0.277 e. The van der Waals surface area contributed by atoms with Gasteiger partial charge in [0, 0.05) is 11.8 Å². The van der Waals surface area contributed by atoms with Crippen LogP contribution >= 0.6 is 23.2 Å². The Morgan fingerprint density at radius 3 is 2.65 bits per heavy atom. The van der Waals surface area contributed by atoms with Crippen LogP contribution in [0.25, 0.3) is 5.69 Å². The topological polar surface area (TPSA) is 78.3 Å². The molecule has 0 unspecified atom stereocenters. The van der Waals surface area contributed by atoms with Gasteiger partial charge >= 0.3 is 0 Å². The molecule has 132 valence electrons. The van der Waals surface area contributed by atoms with Crippen molar-refractivity contribution >= 4 is 34.8 Å². The first-order valence-electron chi connectivity index (χ1n) is 7.69. The Balaban J connectivity index is 1.53. The van der Waals surface area contributed by atoms with Crippen molar-refractivity contribution in [1.82, 2.24) is 15.0 Å². The summed E-state index contributed by atoms with van der Waals surface area (Å²) in [6.07, 6.45) is 1.53. The van der Waals surface area contributed by atoms with Crippen molar-refractivity contribution in [2.45, 2.75) is 0 Å². The van der Waals surface area contributed by atoms with E-state index in [1.807, 2.05) is 6.07 Å². The molecule has 0 atom stereocenters. The maximum atomic E-state index is 12.3. The van der Waals surface area contributed by atoms with Crippen molar-refractivity contribution in [3.05, 3.63) is 58.3 Å². The number of ether oxygens (including phenoxy) is 2. The third-order valence-corrected chi connectivity index (χ3v) is 4.43. The number of carbonyl (C=O) groups excluding carboxylic acids is 1. The van der Waals surface area contributed by atoms with Crippen LogP contribution in [0.1, 0.15) is 10.5 Å². The normalized spacial score (nSPS) is 12.7. The predicted molar refractivity (Wildman–Crippen MR) is 96.8 cm³/mol. The lowest BCUT2D eigenvalue weighted by Gasteiger charge is -2.18. The van der Waals surface area contributed by atoms with Crippen LogP contribution < -0.4 is 14.8 Å². The number of halogens is 2. The molecule has 1 aliphatic heterocycles. The van der Waals surface area contributed by atoms with Crippen LogP contribution in [0.2, 0.25) is 10.0 Å². The summed E-state index contributed by atoms with van der Waals surface area (Å²) in [6.45, 7) is 1.01. The second kappa shape index (κ2) is 6.86. The number of carbonyl (C=O) groups is 1. The smallest absolute Gasteiger partial charge is 0.277 e. The highest BCUT2D eigenvalue weighted by Gasteiger charge is 2.15. The van der Waals surface area contributed by atoms with Crippen molar-refractivity contribution in [3.8, 4) is 17.2 Å². The highest BCUT2D eigenvalue weighted by Crippen LogP contribution is 2.31. The van der Waals surface area contributed by atoms with E-state index >= 15 is 0 Å². The van der Waals surface area contributed by atoms with Gasteiger partial charge in [0.25, 0.3) is 5.91 Å². The molecule has 4 rings (SSSR count). The van der Waals surface area contributed by atoms with E-state index in [4.69, 9.17) is 32.7 Å². The van der Waals surface area contributed by atoms with Crippen LogP contribution in [0, 0.1) is 0 Å². The molecule has 26 heavy (non-hydrogen) atoms. The van der Waals surface area contributed by atoms with Crippen molar-refractivity contribution < 1.29 is 14.3 Å². The number of aromatic nitrogens is 3. The molecule has 0 saturated carbocycles. The third-order valence-electron chi connectivity index (χ3n) is 3.69. The van der Waals surface area contributed by atoms with Crippen molar-refractivity contribution in [1.29, 1.82) is 0 Å². The molecule has 9 heteroatoms. The maximum absolute atomic E-state index is 12.3. The fourth-order valence-corrected chi connectivity index (χ4v) is 2.74. The van der Waals surface area contributed by atoms with Gasteiger partial charge in [-0.05, 0) is 30.3 Å². The summed E-state index contributed by atoms with van der Waals surface area (Å²) in [5, 5.41) is 11.4. The Hall–Kier alpha value is -2.77. The standard InChI is InChI=1S/C17H12Cl2N4O3/c18-12-3-1-10(7-13(12)19)20-17(24)14-9-23(22-21-14)11-2-4-15-16(8-11)26-6-5-25-15/h1-4,7-9H,5-6H2,(H,20,24). The quantitative estimate of drug-likeness (QED) is 0.738. The van der Waals surface area contributed by atoms with Crippen LogP contribution in [0.15, 0.2) is 42.6 Å². The zero-order chi connectivity index (χ0) is 18.1. The van der Waals surface area contributed by atoms with E-state index in [2.05, 4.69) is 15.6 Å². The average molecular weight is 391 g/mol. The zero-order valence-electron chi connectivity index (χ0n) is 13.3. The minimum Gasteiger partial charge on any atom is -0.486 e. The monoisotopic (exact) mass is 390 g/mol. The molecule has 1 N–H and O–H groups in total. The Morgan fingerprint density at radius 2 is 1.85 bits per heavy atom. The molecule has 2 heterocycles. The third kappa shape index (κ3) is 3.31. The zero-order valence-corrected chi connectivity index (χ0v) is 14.8. The summed E-state index contributed by atoms with van der Waals surface area (Å²) < 4.78 is 12.5. The molecular formula is C17H12Cl2N4O3.